The number of hydrogen-bond donors (Lipinski definition) is 1. The smallest absolute Gasteiger partial charge is 0.240 e. The lowest BCUT2D eigenvalue weighted by molar-refractivity contribution is 0.0134. The average molecular weight is 344 g/mol. The summed E-state index contributed by atoms with van der Waals surface area (Å²) in [7, 11) is -3.70. The second-order valence-corrected chi connectivity index (χ2v) is 8.01. The molecule has 2 rings (SSSR count). The van der Waals surface area contributed by atoms with E-state index in [-0.39, 0.29) is 10.9 Å². The maximum atomic E-state index is 13.2. The molecule has 0 saturated carbocycles. The first-order valence-electron chi connectivity index (χ1n) is 7.95. The molecule has 1 aliphatic heterocycles. The Balaban J connectivity index is 2.04. The molecule has 1 aliphatic rings. The molecule has 1 aromatic carbocycles. The molecular weight excluding hydrogens is 319 g/mol. The standard InChI is InChI=1S/C16H25FN2O3S/c1-13(2)10-15(19-6-8-22-9-7-19)12-18-23(20,21)16-5-3-4-14(17)11-16/h3-5,11,13,15,18H,6-10,12H2,1-2H3. The van der Waals surface area contributed by atoms with Crippen LogP contribution in [0.25, 0.3) is 0 Å². The van der Waals surface area contributed by atoms with Gasteiger partial charge in [-0.2, -0.15) is 0 Å². The Hall–Kier alpha value is -1.02. The molecule has 0 aliphatic carbocycles. The Kier molecular flexibility index (Phi) is 6.52. The minimum atomic E-state index is -3.70. The number of hydrogen-bond acceptors (Lipinski definition) is 4. The second kappa shape index (κ2) is 8.19. The van der Waals surface area contributed by atoms with Crippen molar-refractivity contribution in [3.8, 4) is 0 Å². The van der Waals surface area contributed by atoms with Gasteiger partial charge in [0.2, 0.25) is 10.0 Å². The van der Waals surface area contributed by atoms with E-state index in [0.717, 1.165) is 25.6 Å². The van der Waals surface area contributed by atoms with Crippen molar-refractivity contribution in [1.82, 2.24) is 9.62 Å². The maximum absolute atomic E-state index is 13.2. The summed E-state index contributed by atoms with van der Waals surface area (Å²) >= 11 is 0. The first-order chi connectivity index (χ1) is 10.9. The minimum absolute atomic E-state index is 0.0391. The van der Waals surface area contributed by atoms with Crippen molar-refractivity contribution in [2.75, 3.05) is 32.8 Å². The molecule has 23 heavy (non-hydrogen) atoms. The number of sulfonamides is 1. The molecular formula is C16H25FN2O3S. The van der Waals surface area contributed by atoms with Crippen LogP contribution in [-0.4, -0.2) is 52.2 Å². The SMILES string of the molecule is CC(C)CC(CNS(=O)(=O)c1cccc(F)c1)N1CCOCC1. The average Bonchev–Trinajstić information content (AvgIpc) is 2.52. The fraction of sp³-hybridized carbons (Fsp3) is 0.625. The molecule has 1 atom stereocenters. The summed E-state index contributed by atoms with van der Waals surface area (Å²) in [6.07, 6.45) is 0.895. The molecule has 0 spiro atoms. The lowest BCUT2D eigenvalue weighted by Crippen LogP contribution is -2.49. The molecule has 1 unspecified atom stereocenters. The van der Waals surface area contributed by atoms with Gasteiger partial charge in [-0.1, -0.05) is 19.9 Å². The van der Waals surface area contributed by atoms with Gasteiger partial charge in [0, 0.05) is 25.7 Å². The van der Waals surface area contributed by atoms with Crippen molar-refractivity contribution >= 4 is 10.0 Å². The number of nitrogens with zero attached hydrogens (tertiary/aromatic N) is 1. The summed E-state index contributed by atoms with van der Waals surface area (Å²) in [5, 5.41) is 0. The lowest BCUT2D eigenvalue weighted by atomic mass is 10.0. The van der Waals surface area contributed by atoms with E-state index in [2.05, 4.69) is 23.5 Å². The minimum Gasteiger partial charge on any atom is -0.379 e. The third-order valence-corrected chi connectivity index (χ3v) is 5.34. The van der Waals surface area contributed by atoms with E-state index in [4.69, 9.17) is 4.74 Å². The van der Waals surface area contributed by atoms with E-state index in [1.54, 1.807) is 0 Å². The van der Waals surface area contributed by atoms with Gasteiger partial charge in [0.15, 0.2) is 0 Å². The van der Waals surface area contributed by atoms with E-state index in [1.807, 2.05) is 0 Å². The van der Waals surface area contributed by atoms with E-state index in [9.17, 15) is 12.8 Å². The largest absolute Gasteiger partial charge is 0.379 e. The van der Waals surface area contributed by atoms with E-state index >= 15 is 0 Å². The van der Waals surface area contributed by atoms with Crippen LogP contribution in [-0.2, 0) is 14.8 Å². The summed E-state index contributed by atoms with van der Waals surface area (Å²) < 4.78 is 45.9. The van der Waals surface area contributed by atoms with Crippen LogP contribution in [0.15, 0.2) is 29.2 Å². The number of halogens is 1. The normalized spacial score (nSPS) is 18.3. The zero-order valence-corrected chi connectivity index (χ0v) is 14.5. The van der Waals surface area contributed by atoms with Crippen molar-refractivity contribution in [3.63, 3.8) is 0 Å². The molecule has 0 bridgehead atoms. The molecule has 7 heteroatoms. The topological polar surface area (TPSA) is 58.6 Å². The molecule has 5 nitrogen and oxygen atoms in total. The molecule has 0 radical (unpaired) electrons. The quantitative estimate of drug-likeness (QED) is 0.820. The summed E-state index contributed by atoms with van der Waals surface area (Å²) in [5.41, 5.74) is 0. The van der Waals surface area contributed by atoms with E-state index in [0.29, 0.717) is 25.7 Å². The molecule has 1 fully saturated rings. The summed E-state index contributed by atoms with van der Waals surface area (Å²) in [4.78, 5) is 2.22. The highest BCUT2D eigenvalue weighted by Crippen LogP contribution is 2.15. The zero-order valence-electron chi connectivity index (χ0n) is 13.7. The Morgan fingerprint density at radius 2 is 2.00 bits per heavy atom. The van der Waals surface area contributed by atoms with Gasteiger partial charge < -0.3 is 4.74 Å². The van der Waals surface area contributed by atoms with Gasteiger partial charge in [0.1, 0.15) is 5.82 Å². The van der Waals surface area contributed by atoms with Crippen molar-refractivity contribution in [2.24, 2.45) is 5.92 Å². The van der Waals surface area contributed by atoms with Crippen LogP contribution in [0.2, 0.25) is 0 Å². The monoisotopic (exact) mass is 344 g/mol. The highest BCUT2D eigenvalue weighted by Gasteiger charge is 2.24. The van der Waals surface area contributed by atoms with E-state index in [1.165, 1.54) is 18.2 Å². The first-order valence-corrected chi connectivity index (χ1v) is 9.44. The third-order valence-electron chi connectivity index (χ3n) is 3.92. The molecule has 1 aromatic rings. The predicted octanol–water partition coefficient (Wildman–Crippen LogP) is 1.85. The van der Waals surface area contributed by atoms with Gasteiger partial charge in [-0.15, -0.1) is 0 Å². The van der Waals surface area contributed by atoms with Gasteiger partial charge in [0.25, 0.3) is 0 Å². The van der Waals surface area contributed by atoms with E-state index < -0.39 is 15.8 Å². The molecule has 1 saturated heterocycles. The number of rotatable bonds is 7. The maximum Gasteiger partial charge on any atom is 0.240 e. The van der Waals surface area contributed by atoms with Crippen molar-refractivity contribution in [1.29, 1.82) is 0 Å². The zero-order chi connectivity index (χ0) is 16.9. The molecule has 1 heterocycles. The Morgan fingerprint density at radius 1 is 1.30 bits per heavy atom. The lowest BCUT2D eigenvalue weighted by Gasteiger charge is -2.35. The summed E-state index contributed by atoms with van der Waals surface area (Å²) in [6.45, 7) is 7.51. The van der Waals surface area contributed by atoms with Crippen LogP contribution in [0.4, 0.5) is 4.39 Å². The molecule has 0 amide bonds. The van der Waals surface area contributed by atoms with Crippen LogP contribution in [0.3, 0.4) is 0 Å². The first kappa shape index (κ1) is 18.3. The predicted molar refractivity (Wildman–Crippen MR) is 87.2 cm³/mol. The van der Waals surface area contributed by atoms with Crippen LogP contribution in [0, 0.1) is 11.7 Å². The number of benzene rings is 1. The van der Waals surface area contributed by atoms with Crippen LogP contribution in [0.5, 0.6) is 0 Å². The van der Waals surface area contributed by atoms with Gasteiger partial charge in [0.05, 0.1) is 18.1 Å². The van der Waals surface area contributed by atoms with Crippen LogP contribution < -0.4 is 4.72 Å². The molecule has 1 N–H and O–H groups in total. The molecule has 0 aromatic heterocycles. The van der Waals surface area contributed by atoms with Crippen molar-refractivity contribution in [2.45, 2.75) is 31.2 Å². The summed E-state index contributed by atoms with van der Waals surface area (Å²) in [6, 6.07) is 5.18. The Morgan fingerprint density at radius 3 is 2.61 bits per heavy atom. The van der Waals surface area contributed by atoms with Gasteiger partial charge in [-0.05, 0) is 30.5 Å². The molecule has 130 valence electrons. The fourth-order valence-electron chi connectivity index (χ4n) is 2.77. The van der Waals surface area contributed by atoms with Crippen LogP contribution >= 0.6 is 0 Å². The highest BCUT2D eigenvalue weighted by molar-refractivity contribution is 7.89. The second-order valence-electron chi connectivity index (χ2n) is 6.24. The number of ether oxygens (including phenoxy) is 1. The van der Waals surface area contributed by atoms with Gasteiger partial charge in [-0.25, -0.2) is 17.5 Å². The van der Waals surface area contributed by atoms with Crippen LogP contribution in [0.1, 0.15) is 20.3 Å². The van der Waals surface area contributed by atoms with Crippen molar-refractivity contribution < 1.29 is 17.5 Å². The number of morpholine rings is 1. The summed E-state index contributed by atoms with van der Waals surface area (Å²) in [5.74, 6) is -0.0960. The van der Waals surface area contributed by atoms with Gasteiger partial charge >= 0.3 is 0 Å². The highest BCUT2D eigenvalue weighted by atomic mass is 32.2. The fourth-order valence-corrected chi connectivity index (χ4v) is 3.88. The van der Waals surface area contributed by atoms with Crippen molar-refractivity contribution in [3.05, 3.63) is 30.1 Å². The third kappa shape index (κ3) is 5.53. The Bertz CT molecular complexity index is 601. The number of nitrogens with one attached hydrogen (secondary N) is 1. The Labute approximate surface area is 137 Å². The van der Waals surface area contributed by atoms with Gasteiger partial charge in [-0.3, -0.25) is 4.90 Å².